The lowest BCUT2D eigenvalue weighted by Gasteiger charge is -2.32. The Hall–Kier alpha value is -4.58. The maximum Gasteiger partial charge on any atom is 0.360 e. The highest BCUT2D eigenvalue weighted by Gasteiger charge is 2.33. The number of nitrogens with one attached hydrogen (secondary N) is 2. The summed E-state index contributed by atoms with van der Waals surface area (Å²) in [6, 6.07) is 17.0. The zero-order chi connectivity index (χ0) is 29.1. The van der Waals surface area contributed by atoms with E-state index in [9.17, 15) is 19.8 Å². The number of hydrogen-bond donors (Lipinski definition) is 4. The summed E-state index contributed by atoms with van der Waals surface area (Å²) in [6.07, 6.45) is -2.84. The van der Waals surface area contributed by atoms with E-state index in [4.69, 9.17) is 23.4 Å². The molecule has 0 aliphatic carbocycles. The van der Waals surface area contributed by atoms with Crippen LogP contribution < -0.4 is 35.2 Å². The highest BCUT2D eigenvalue weighted by molar-refractivity contribution is 6.06. The molecular formula is C30H30N2O9. The Morgan fingerprint density at radius 2 is 1.76 bits per heavy atom. The monoisotopic (exact) mass is 562 g/mol. The van der Waals surface area contributed by atoms with Gasteiger partial charge >= 0.3 is 5.63 Å². The van der Waals surface area contributed by atoms with Crippen LogP contribution >= 0.6 is 0 Å². The molecule has 0 spiro atoms. The highest BCUT2D eigenvalue weighted by atomic mass is 16.5. The van der Waals surface area contributed by atoms with Gasteiger partial charge in [0.25, 0.3) is 5.91 Å². The van der Waals surface area contributed by atoms with Gasteiger partial charge in [0, 0.05) is 29.6 Å². The van der Waals surface area contributed by atoms with Gasteiger partial charge < -0.3 is 44.2 Å². The summed E-state index contributed by atoms with van der Waals surface area (Å²) in [4.78, 5) is 26.1. The lowest BCUT2D eigenvalue weighted by atomic mass is 10.0. The molecule has 0 radical (unpaired) electrons. The Labute approximate surface area is 235 Å². The number of carbonyl (C=O) groups is 1. The van der Waals surface area contributed by atoms with Crippen molar-refractivity contribution in [1.82, 2.24) is 5.32 Å². The lowest BCUT2D eigenvalue weighted by Crippen LogP contribution is -2.55. The Morgan fingerprint density at radius 3 is 2.51 bits per heavy atom. The van der Waals surface area contributed by atoms with Crippen molar-refractivity contribution in [3.8, 4) is 34.1 Å². The molecule has 1 aliphatic heterocycles. The molecule has 0 saturated carbocycles. The smallest absolute Gasteiger partial charge is 0.360 e. The fourth-order valence-electron chi connectivity index (χ4n) is 4.71. The van der Waals surface area contributed by atoms with E-state index in [1.165, 1.54) is 13.2 Å². The number of aliphatic hydroxyl groups is 2. The number of piperidine rings is 1. The zero-order valence-corrected chi connectivity index (χ0v) is 22.7. The molecule has 11 heteroatoms. The van der Waals surface area contributed by atoms with Gasteiger partial charge in [0.1, 0.15) is 29.4 Å². The first-order valence-electron chi connectivity index (χ1n) is 12.8. The van der Waals surface area contributed by atoms with Crippen LogP contribution in [0, 0.1) is 0 Å². The number of rotatable bonds is 8. The van der Waals surface area contributed by atoms with E-state index in [0.717, 1.165) is 5.56 Å². The van der Waals surface area contributed by atoms with Crippen molar-refractivity contribution in [1.29, 1.82) is 0 Å². The molecule has 214 valence electrons. The van der Waals surface area contributed by atoms with Crippen molar-refractivity contribution in [3.05, 3.63) is 76.6 Å². The summed E-state index contributed by atoms with van der Waals surface area (Å²) < 4.78 is 27.7. The third-order valence-corrected chi connectivity index (χ3v) is 6.87. The summed E-state index contributed by atoms with van der Waals surface area (Å²) in [5, 5.41) is 26.3. The number of fused-ring (bicyclic) bond motifs is 1. The third kappa shape index (κ3) is 5.68. The minimum atomic E-state index is -1.11. The molecule has 5 rings (SSSR count). The van der Waals surface area contributed by atoms with E-state index < -0.39 is 29.8 Å². The Kier molecular flexibility index (Phi) is 8.11. The van der Waals surface area contributed by atoms with Crippen LogP contribution in [0.1, 0.15) is 10.4 Å². The van der Waals surface area contributed by atoms with Crippen LogP contribution in [-0.4, -0.2) is 68.9 Å². The summed E-state index contributed by atoms with van der Waals surface area (Å²) in [6.45, 7) is 0.553. The predicted molar refractivity (Wildman–Crippen MR) is 151 cm³/mol. The van der Waals surface area contributed by atoms with Crippen molar-refractivity contribution in [3.63, 3.8) is 0 Å². The molecule has 0 unspecified atom stereocenters. The molecule has 3 atom stereocenters. The molecule has 1 saturated heterocycles. The van der Waals surface area contributed by atoms with Gasteiger partial charge in [-0.15, -0.1) is 0 Å². The van der Waals surface area contributed by atoms with E-state index in [1.807, 2.05) is 24.3 Å². The summed E-state index contributed by atoms with van der Waals surface area (Å²) in [7, 11) is 4.51. The van der Waals surface area contributed by atoms with Crippen LogP contribution in [0.2, 0.25) is 0 Å². The number of methoxy groups -OCH3 is 3. The molecule has 0 bridgehead atoms. The van der Waals surface area contributed by atoms with Gasteiger partial charge in [0.15, 0.2) is 11.3 Å². The molecule has 1 aromatic heterocycles. The van der Waals surface area contributed by atoms with Crippen LogP contribution in [0.3, 0.4) is 0 Å². The normalized spacial score (nSPS) is 18.5. The molecule has 1 aliphatic rings. The maximum atomic E-state index is 13.2. The second kappa shape index (κ2) is 11.9. The van der Waals surface area contributed by atoms with Gasteiger partial charge in [-0.3, -0.25) is 4.79 Å². The second-order valence-electron chi connectivity index (χ2n) is 9.44. The number of anilines is 1. The van der Waals surface area contributed by atoms with Crippen molar-refractivity contribution in [2.45, 2.75) is 18.3 Å². The number of ether oxygens (including phenoxy) is 4. The van der Waals surface area contributed by atoms with Crippen molar-refractivity contribution in [2.24, 2.45) is 0 Å². The topological polar surface area (TPSA) is 149 Å². The molecule has 41 heavy (non-hydrogen) atoms. The first kappa shape index (κ1) is 28.0. The molecular weight excluding hydrogens is 532 g/mol. The number of benzene rings is 3. The Bertz CT molecular complexity index is 1630. The molecule has 1 amide bonds. The van der Waals surface area contributed by atoms with Gasteiger partial charge in [-0.05, 0) is 54.1 Å². The number of carbonyl (C=O) groups excluding carboxylic acids is 1. The fraction of sp³-hybridized carbons (Fsp3) is 0.267. The maximum absolute atomic E-state index is 13.2. The minimum Gasteiger partial charge on any atom is -0.497 e. The number of β-amino-alcohol motifs (C(OH)–C–C–N with tert-alkyl or cyclic N) is 1. The van der Waals surface area contributed by atoms with Crippen molar-refractivity contribution >= 4 is 22.6 Å². The lowest BCUT2D eigenvalue weighted by molar-refractivity contribution is -0.0656. The van der Waals surface area contributed by atoms with Gasteiger partial charge in [0.2, 0.25) is 5.75 Å². The first-order chi connectivity index (χ1) is 19.8. The standard InChI is InChI=1S/C30H30N2O9/c1-37-19-6-4-5-16(11-19)20-12-18(8-9-23(20)38-2)29(35)32-21-13-17-7-10-24(28(39-3)27(17)41-30(21)36)40-25-15-31-14-22(33)26(25)34/h4-13,22,25-26,31,33-34H,14-15H2,1-3H3,(H,32,35)/t22-,25-,26-/m1/s1. The summed E-state index contributed by atoms with van der Waals surface area (Å²) in [5.41, 5.74) is 1.01. The van der Waals surface area contributed by atoms with E-state index in [0.29, 0.717) is 34.6 Å². The molecule has 2 heterocycles. The Balaban J connectivity index is 1.43. The van der Waals surface area contributed by atoms with E-state index >= 15 is 0 Å². The first-order valence-corrected chi connectivity index (χ1v) is 12.8. The van der Waals surface area contributed by atoms with E-state index in [2.05, 4.69) is 10.6 Å². The van der Waals surface area contributed by atoms with Gasteiger partial charge in [-0.2, -0.15) is 0 Å². The van der Waals surface area contributed by atoms with Crippen LogP contribution in [0.15, 0.2) is 69.9 Å². The molecule has 1 fully saturated rings. The SMILES string of the molecule is COc1cccc(-c2cc(C(=O)Nc3cc4ccc(O[C@@H]5CNC[C@@H](O)[C@H]5O)c(OC)c4oc3=O)ccc2OC)c1. The van der Waals surface area contributed by atoms with E-state index in [1.54, 1.807) is 44.6 Å². The van der Waals surface area contributed by atoms with E-state index in [-0.39, 0.29) is 29.3 Å². The fourth-order valence-corrected chi connectivity index (χ4v) is 4.71. The zero-order valence-electron chi connectivity index (χ0n) is 22.7. The van der Waals surface area contributed by atoms with Gasteiger partial charge in [0.05, 0.1) is 27.4 Å². The highest BCUT2D eigenvalue weighted by Crippen LogP contribution is 2.37. The Morgan fingerprint density at radius 1 is 0.951 bits per heavy atom. The van der Waals surface area contributed by atoms with Gasteiger partial charge in [-0.25, -0.2) is 4.79 Å². The summed E-state index contributed by atoms with van der Waals surface area (Å²) >= 11 is 0. The third-order valence-electron chi connectivity index (χ3n) is 6.87. The predicted octanol–water partition coefficient (Wildman–Crippen LogP) is 2.81. The molecule has 4 N–H and O–H groups in total. The number of amides is 1. The van der Waals surface area contributed by atoms with Gasteiger partial charge in [-0.1, -0.05) is 12.1 Å². The number of hydrogen-bond acceptors (Lipinski definition) is 10. The average Bonchev–Trinajstić information content (AvgIpc) is 2.99. The second-order valence-corrected chi connectivity index (χ2v) is 9.44. The quantitative estimate of drug-likeness (QED) is 0.236. The van der Waals surface area contributed by atoms with Crippen LogP contribution in [0.5, 0.6) is 23.0 Å². The average molecular weight is 563 g/mol. The molecule has 4 aromatic rings. The van der Waals surface area contributed by atoms with Crippen LogP contribution in [0.4, 0.5) is 5.69 Å². The van der Waals surface area contributed by atoms with Crippen molar-refractivity contribution in [2.75, 3.05) is 39.7 Å². The molecule has 3 aromatic carbocycles. The van der Waals surface area contributed by atoms with Crippen molar-refractivity contribution < 1.29 is 38.4 Å². The largest absolute Gasteiger partial charge is 0.497 e. The van der Waals surface area contributed by atoms with Crippen LogP contribution in [-0.2, 0) is 0 Å². The molecule has 11 nitrogen and oxygen atoms in total. The minimum absolute atomic E-state index is 0.0630. The number of aliphatic hydroxyl groups excluding tert-OH is 2. The van der Waals surface area contributed by atoms with Crippen LogP contribution in [0.25, 0.3) is 22.1 Å². The summed E-state index contributed by atoms with van der Waals surface area (Å²) in [5.74, 6) is 1.07.